The largest absolute Gasteiger partial charge is 0.348 e. The normalized spacial score (nSPS) is 10.2. The Morgan fingerprint density at radius 1 is 1.43 bits per heavy atom. The van der Waals surface area contributed by atoms with E-state index >= 15 is 0 Å². The maximum atomic E-state index is 12.0. The molecule has 0 aliphatic rings. The number of benzene rings is 1. The van der Waals surface area contributed by atoms with E-state index in [0.29, 0.717) is 16.7 Å². The van der Waals surface area contributed by atoms with Crippen LogP contribution in [0.5, 0.6) is 0 Å². The molecule has 0 spiro atoms. The van der Waals surface area contributed by atoms with Gasteiger partial charge in [-0.25, -0.2) is 4.98 Å². The maximum absolute atomic E-state index is 12.0. The van der Waals surface area contributed by atoms with Crippen LogP contribution < -0.4 is 5.32 Å². The van der Waals surface area contributed by atoms with Crippen molar-refractivity contribution in [2.75, 3.05) is 0 Å². The molecule has 1 N–H and O–H groups in total. The number of rotatable bonds is 4. The van der Waals surface area contributed by atoms with E-state index in [1.54, 1.807) is 25.1 Å². The Morgan fingerprint density at radius 3 is 2.86 bits per heavy atom. The standard InChI is InChI=1S/C14H12ClN3O3/c1-9-11(3-2-4-12(9)18(20)21)8-17-14(19)10-5-6-16-13(15)7-10/h2-7H,8H2,1H3,(H,17,19). The summed E-state index contributed by atoms with van der Waals surface area (Å²) in [6.07, 6.45) is 1.44. The molecular formula is C14H12ClN3O3. The molecule has 0 aliphatic heterocycles. The van der Waals surface area contributed by atoms with Gasteiger partial charge in [0.2, 0.25) is 0 Å². The number of carbonyl (C=O) groups excluding carboxylic acids is 1. The van der Waals surface area contributed by atoms with Gasteiger partial charge in [-0.1, -0.05) is 23.7 Å². The number of hydrogen-bond acceptors (Lipinski definition) is 4. The van der Waals surface area contributed by atoms with Gasteiger partial charge in [-0.15, -0.1) is 0 Å². The van der Waals surface area contributed by atoms with E-state index in [1.807, 2.05) is 0 Å². The van der Waals surface area contributed by atoms with Crippen molar-refractivity contribution in [1.82, 2.24) is 10.3 Å². The Bertz CT molecular complexity index is 704. The highest BCUT2D eigenvalue weighted by molar-refractivity contribution is 6.29. The lowest BCUT2D eigenvalue weighted by atomic mass is 10.1. The zero-order valence-corrected chi connectivity index (χ0v) is 11.9. The van der Waals surface area contributed by atoms with E-state index in [9.17, 15) is 14.9 Å². The molecule has 1 heterocycles. The SMILES string of the molecule is Cc1c(CNC(=O)c2ccnc(Cl)c2)cccc1[N+](=O)[O-]. The predicted molar refractivity (Wildman–Crippen MR) is 78.3 cm³/mol. The number of halogens is 1. The number of nitro benzene ring substituents is 1. The number of nitrogens with zero attached hydrogens (tertiary/aromatic N) is 2. The molecule has 0 unspecified atom stereocenters. The molecule has 0 bridgehead atoms. The zero-order chi connectivity index (χ0) is 15.4. The first-order valence-electron chi connectivity index (χ1n) is 6.11. The number of pyridine rings is 1. The van der Waals surface area contributed by atoms with E-state index in [1.165, 1.54) is 18.3 Å². The van der Waals surface area contributed by atoms with Crippen LogP contribution in [-0.2, 0) is 6.54 Å². The van der Waals surface area contributed by atoms with E-state index in [-0.39, 0.29) is 23.3 Å². The van der Waals surface area contributed by atoms with Crippen molar-refractivity contribution in [2.24, 2.45) is 0 Å². The molecule has 0 saturated carbocycles. The Labute approximate surface area is 125 Å². The van der Waals surface area contributed by atoms with E-state index < -0.39 is 4.92 Å². The Kier molecular flexibility index (Phi) is 4.49. The van der Waals surface area contributed by atoms with E-state index in [4.69, 9.17) is 11.6 Å². The fourth-order valence-electron chi connectivity index (χ4n) is 1.88. The maximum Gasteiger partial charge on any atom is 0.272 e. The third kappa shape index (κ3) is 3.55. The van der Waals surface area contributed by atoms with Crippen LogP contribution in [0.25, 0.3) is 0 Å². The van der Waals surface area contributed by atoms with Gasteiger partial charge in [0.1, 0.15) is 5.15 Å². The van der Waals surface area contributed by atoms with Gasteiger partial charge in [-0.2, -0.15) is 0 Å². The second-order valence-electron chi connectivity index (χ2n) is 4.37. The fourth-order valence-corrected chi connectivity index (χ4v) is 2.05. The van der Waals surface area contributed by atoms with Crippen LogP contribution in [0.2, 0.25) is 5.15 Å². The lowest BCUT2D eigenvalue weighted by molar-refractivity contribution is -0.385. The van der Waals surface area contributed by atoms with Gasteiger partial charge in [0.15, 0.2) is 0 Å². The number of aromatic nitrogens is 1. The molecule has 1 aromatic heterocycles. The third-order valence-corrected chi connectivity index (χ3v) is 3.25. The summed E-state index contributed by atoms with van der Waals surface area (Å²) in [5.41, 5.74) is 1.65. The summed E-state index contributed by atoms with van der Waals surface area (Å²) in [5, 5.41) is 13.8. The number of nitrogens with one attached hydrogen (secondary N) is 1. The zero-order valence-electron chi connectivity index (χ0n) is 11.2. The summed E-state index contributed by atoms with van der Waals surface area (Å²) < 4.78 is 0. The molecule has 0 radical (unpaired) electrons. The quantitative estimate of drug-likeness (QED) is 0.534. The summed E-state index contributed by atoms with van der Waals surface area (Å²) in [4.78, 5) is 26.2. The molecule has 21 heavy (non-hydrogen) atoms. The van der Waals surface area contributed by atoms with Crippen LogP contribution in [0.1, 0.15) is 21.5 Å². The summed E-state index contributed by atoms with van der Waals surface area (Å²) >= 11 is 5.72. The first-order chi connectivity index (χ1) is 9.99. The first-order valence-corrected chi connectivity index (χ1v) is 6.49. The lowest BCUT2D eigenvalue weighted by Crippen LogP contribution is -2.23. The number of amides is 1. The Hall–Kier alpha value is -2.47. The molecule has 6 nitrogen and oxygen atoms in total. The fraction of sp³-hybridized carbons (Fsp3) is 0.143. The highest BCUT2D eigenvalue weighted by atomic mass is 35.5. The minimum absolute atomic E-state index is 0.0358. The van der Waals surface area contributed by atoms with Crippen LogP contribution >= 0.6 is 11.6 Å². The molecule has 0 atom stereocenters. The van der Waals surface area contributed by atoms with E-state index in [2.05, 4.69) is 10.3 Å². The number of carbonyl (C=O) groups is 1. The molecule has 0 fully saturated rings. The van der Waals surface area contributed by atoms with Gasteiger partial charge in [0.25, 0.3) is 11.6 Å². The average molecular weight is 306 g/mol. The second kappa shape index (κ2) is 6.32. The van der Waals surface area contributed by atoms with Gasteiger partial charge < -0.3 is 5.32 Å². The summed E-state index contributed by atoms with van der Waals surface area (Å²) in [7, 11) is 0. The molecule has 2 rings (SSSR count). The average Bonchev–Trinajstić information content (AvgIpc) is 2.45. The van der Waals surface area contributed by atoms with Gasteiger partial charge in [-0.05, 0) is 24.6 Å². The van der Waals surface area contributed by atoms with Gasteiger partial charge in [0.05, 0.1) is 4.92 Å². The van der Waals surface area contributed by atoms with E-state index in [0.717, 1.165) is 0 Å². The molecular weight excluding hydrogens is 294 g/mol. The molecule has 1 amide bonds. The van der Waals surface area contributed by atoms with Gasteiger partial charge in [0, 0.05) is 29.9 Å². The summed E-state index contributed by atoms with van der Waals surface area (Å²) in [6.45, 7) is 1.86. The van der Waals surface area contributed by atoms with Crippen molar-refractivity contribution in [3.8, 4) is 0 Å². The summed E-state index contributed by atoms with van der Waals surface area (Å²) in [6, 6.07) is 7.76. The molecule has 1 aromatic carbocycles. The van der Waals surface area contributed by atoms with Crippen molar-refractivity contribution >= 4 is 23.2 Å². The van der Waals surface area contributed by atoms with Crippen LogP contribution in [0.15, 0.2) is 36.5 Å². The van der Waals surface area contributed by atoms with Gasteiger partial charge >= 0.3 is 0 Å². The molecule has 2 aromatic rings. The second-order valence-corrected chi connectivity index (χ2v) is 4.76. The Balaban J connectivity index is 2.12. The van der Waals surface area contributed by atoms with Crippen LogP contribution in [0, 0.1) is 17.0 Å². The van der Waals surface area contributed by atoms with Crippen molar-refractivity contribution in [3.63, 3.8) is 0 Å². The molecule has 108 valence electrons. The molecule has 7 heteroatoms. The van der Waals surface area contributed by atoms with Gasteiger partial charge in [-0.3, -0.25) is 14.9 Å². The highest BCUT2D eigenvalue weighted by Gasteiger charge is 2.14. The third-order valence-electron chi connectivity index (χ3n) is 3.04. The highest BCUT2D eigenvalue weighted by Crippen LogP contribution is 2.21. The monoisotopic (exact) mass is 305 g/mol. The minimum atomic E-state index is -0.441. The minimum Gasteiger partial charge on any atom is -0.348 e. The summed E-state index contributed by atoms with van der Waals surface area (Å²) in [5.74, 6) is -0.315. The van der Waals surface area contributed by atoms with Crippen LogP contribution in [0.4, 0.5) is 5.69 Å². The predicted octanol–water partition coefficient (Wildman–Crippen LogP) is 2.88. The first kappa shape index (κ1) is 14.9. The number of nitro groups is 1. The number of hydrogen-bond donors (Lipinski definition) is 1. The van der Waals surface area contributed by atoms with Crippen LogP contribution in [-0.4, -0.2) is 15.8 Å². The van der Waals surface area contributed by atoms with Crippen LogP contribution in [0.3, 0.4) is 0 Å². The Morgan fingerprint density at radius 2 is 2.19 bits per heavy atom. The van der Waals surface area contributed by atoms with Crippen molar-refractivity contribution in [3.05, 3.63) is 68.5 Å². The molecule has 0 aliphatic carbocycles. The van der Waals surface area contributed by atoms with Crippen molar-refractivity contribution in [2.45, 2.75) is 13.5 Å². The van der Waals surface area contributed by atoms with Crippen molar-refractivity contribution < 1.29 is 9.72 Å². The molecule has 0 saturated heterocycles. The van der Waals surface area contributed by atoms with Crippen molar-refractivity contribution in [1.29, 1.82) is 0 Å². The topological polar surface area (TPSA) is 85.1 Å². The smallest absolute Gasteiger partial charge is 0.272 e. The lowest BCUT2D eigenvalue weighted by Gasteiger charge is -2.08.